The van der Waals surface area contributed by atoms with Crippen molar-refractivity contribution in [3.63, 3.8) is 0 Å². The van der Waals surface area contributed by atoms with Gasteiger partial charge in [-0.25, -0.2) is 0 Å². The van der Waals surface area contributed by atoms with Crippen molar-refractivity contribution in [1.29, 1.82) is 0 Å². The van der Waals surface area contributed by atoms with Crippen LogP contribution < -0.4 is 5.32 Å². The molecule has 1 aromatic rings. The Morgan fingerprint density at radius 3 is 2.57 bits per heavy atom. The van der Waals surface area contributed by atoms with Gasteiger partial charge in [0.05, 0.1) is 5.69 Å². The summed E-state index contributed by atoms with van der Waals surface area (Å²) in [6.07, 6.45) is 2.25. The van der Waals surface area contributed by atoms with Gasteiger partial charge < -0.3 is 10.1 Å². The molecule has 1 aliphatic carbocycles. The van der Waals surface area contributed by atoms with Gasteiger partial charge in [0.15, 0.2) is 6.61 Å². The van der Waals surface area contributed by atoms with Gasteiger partial charge in [0.1, 0.15) is 9.75 Å². The number of alkyl halides is 2. The van der Waals surface area contributed by atoms with Gasteiger partial charge in [-0.3, -0.25) is 9.59 Å². The lowest BCUT2D eigenvalue weighted by atomic mass is 10.1. The molecule has 7 heteroatoms. The summed E-state index contributed by atoms with van der Waals surface area (Å²) in [5, 5.41) is 2.71. The Morgan fingerprint density at radius 2 is 2.00 bits per heavy atom. The van der Waals surface area contributed by atoms with E-state index in [1.54, 1.807) is 13.0 Å². The zero-order chi connectivity index (χ0) is 15.7. The standard InChI is InChI=1S/C14H15Cl2NO3S/c1-13(8-14(13,15)16)12(19)20-7-11(18)17-9-5-3-4-6-10(9)21-2/h3-6H,7-8H2,1-2H3,(H,17,18)/t13-/m1/s1. The van der Waals surface area contributed by atoms with Gasteiger partial charge in [-0.05, 0) is 25.3 Å². The first kappa shape index (κ1) is 16.5. The van der Waals surface area contributed by atoms with E-state index in [-0.39, 0.29) is 6.61 Å². The Bertz CT molecular complexity index is 579. The molecule has 0 aromatic heterocycles. The van der Waals surface area contributed by atoms with Crippen molar-refractivity contribution in [2.75, 3.05) is 18.2 Å². The first-order valence-electron chi connectivity index (χ1n) is 6.28. The molecule has 114 valence electrons. The van der Waals surface area contributed by atoms with Crippen LogP contribution in [0.25, 0.3) is 0 Å². The highest BCUT2D eigenvalue weighted by Crippen LogP contribution is 2.64. The third-order valence-corrected chi connectivity index (χ3v) is 5.32. The number of thioether (sulfide) groups is 1. The number of hydrogen-bond acceptors (Lipinski definition) is 4. The summed E-state index contributed by atoms with van der Waals surface area (Å²) in [6, 6.07) is 7.39. The van der Waals surface area contributed by atoms with Gasteiger partial charge in [-0.15, -0.1) is 35.0 Å². The monoisotopic (exact) mass is 347 g/mol. The molecule has 0 heterocycles. The van der Waals surface area contributed by atoms with Gasteiger partial charge in [0, 0.05) is 11.3 Å². The molecule has 0 radical (unpaired) electrons. The number of rotatable bonds is 5. The molecule has 4 nitrogen and oxygen atoms in total. The SMILES string of the molecule is CSc1ccccc1NC(=O)COC(=O)[C@@]1(C)CC1(Cl)Cl. The number of esters is 1. The lowest BCUT2D eigenvalue weighted by Gasteiger charge is -2.12. The van der Waals surface area contributed by atoms with E-state index < -0.39 is 21.6 Å². The van der Waals surface area contributed by atoms with Gasteiger partial charge >= 0.3 is 5.97 Å². The third kappa shape index (κ3) is 3.47. The van der Waals surface area contributed by atoms with Gasteiger partial charge in [0.25, 0.3) is 5.91 Å². The van der Waals surface area contributed by atoms with Crippen LogP contribution in [0.1, 0.15) is 13.3 Å². The molecule has 1 amide bonds. The van der Waals surface area contributed by atoms with Crippen molar-refractivity contribution >= 4 is 52.5 Å². The van der Waals surface area contributed by atoms with Crippen LogP contribution >= 0.6 is 35.0 Å². The second-order valence-corrected chi connectivity index (χ2v) is 7.37. The summed E-state index contributed by atoms with van der Waals surface area (Å²) < 4.78 is 3.89. The quantitative estimate of drug-likeness (QED) is 0.503. The number of hydrogen-bond donors (Lipinski definition) is 1. The molecule has 1 aromatic carbocycles. The van der Waals surface area contributed by atoms with Crippen LogP contribution in [0.5, 0.6) is 0 Å². The number of ether oxygens (including phenoxy) is 1. The topological polar surface area (TPSA) is 55.4 Å². The highest BCUT2D eigenvalue weighted by atomic mass is 35.5. The summed E-state index contributed by atoms with van der Waals surface area (Å²) in [4.78, 5) is 24.6. The van der Waals surface area contributed by atoms with Crippen LogP contribution in [-0.2, 0) is 14.3 Å². The molecule has 1 aliphatic rings. The average Bonchev–Trinajstić information content (AvgIpc) is 2.97. The molecule has 1 N–H and O–H groups in total. The van der Waals surface area contributed by atoms with Gasteiger partial charge in [-0.1, -0.05) is 12.1 Å². The minimum absolute atomic E-state index is 0.332. The largest absolute Gasteiger partial charge is 0.455 e. The van der Waals surface area contributed by atoms with Crippen molar-refractivity contribution in [2.45, 2.75) is 22.6 Å². The maximum atomic E-state index is 11.8. The Labute approximate surface area is 137 Å². The summed E-state index contributed by atoms with van der Waals surface area (Å²) in [5.74, 6) is -0.954. The van der Waals surface area contributed by atoms with Gasteiger partial charge in [-0.2, -0.15) is 0 Å². The Kier molecular flexibility index (Phi) is 4.76. The fourth-order valence-electron chi connectivity index (χ4n) is 1.85. The lowest BCUT2D eigenvalue weighted by molar-refractivity contribution is -0.152. The Balaban J connectivity index is 1.87. The second-order valence-electron chi connectivity index (χ2n) is 5.04. The highest BCUT2D eigenvalue weighted by molar-refractivity contribution is 7.98. The van der Waals surface area contributed by atoms with Crippen molar-refractivity contribution in [1.82, 2.24) is 0 Å². The van der Waals surface area contributed by atoms with Crippen molar-refractivity contribution in [2.24, 2.45) is 5.41 Å². The van der Waals surface area contributed by atoms with E-state index in [0.29, 0.717) is 12.1 Å². The predicted octanol–water partition coefficient (Wildman–Crippen LogP) is 3.47. The summed E-state index contributed by atoms with van der Waals surface area (Å²) in [7, 11) is 0. The highest BCUT2D eigenvalue weighted by Gasteiger charge is 2.69. The minimum atomic E-state index is -1.09. The average molecular weight is 348 g/mol. The number of benzene rings is 1. The van der Waals surface area contributed by atoms with E-state index in [9.17, 15) is 9.59 Å². The molecular formula is C14H15Cl2NO3S. The fraction of sp³-hybridized carbons (Fsp3) is 0.429. The first-order valence-corrected chi connectivity index (χ1v) is 8.26. The summed E-state index contributed by atoms with van der Waals surface area (Å²) >= 11 is 13.3. The van der Waals surface area contributed by atoms with E-state index >= 15 is 0 Å². The van der Waals surface area contributed by atoms with E-state index in [4.69, 9.17) is 27.9 Å². The van der Waals surface area contributed by atoms with Crippen molar-refractivity contribution in [3.05, 3.63) is 24.3 Å². The molecule has 1 fully saturated rings. The summed E-state index contributed by atoms with van der Waals surface area (Å²) in [6.45, 7) is 1.26. The first-order chi connectivity index (χ1) is 9.80. The summed E-state index contributed by atoms with van der Waals surface area (Å²) in [5.41, 5.74) is -0.235. The molecule has 0 aliphatic heterocycles. The van der Waals surface area contributed by atoms with E-state index in [1.165, 1.54) is 11.8 Å². The minimum Gasteiger partial charge on any atom is -0.455 e. The van der Waals surface area contributed by atoms with Crippen LogP contribution in [0, 0.1) is 5.41 Å². The Hall–Kier alpha value is -0.910. The van der Waals surface area contributed by atoms with Crippen LogP contribution in [-0.4, -0.2) is 29.1 Å². The van der Waals surface area contributed by atoms with E-state index in [2.05, 4.69) is 5.32 Å². The fourth-order valence-corrected chi connectivity index (χ4v) is 3.09. The predicted molar refractivity (Wildman–Crippen MR) is 85.0 cm³/mol. The maximum Gasteiger partial charge on any atom is 0.315 e. The van der Waals surface area contributed by atoms with E-state index in [0.717, 1.165) is 4.90 Å². The molecule has 0 bridgehead atoms. The Morgan fingerprint density at radius 1 is 1.38 bits per heavy atom. The maximum absolute atomic E-state index is 11.8. The number of carbonyl (C=O) groups excluding carboxylic acids is 2. The zero-order valence-corrected chi connectivity index (χ0v) is 13.9. The number of carbonyl (C=O) groups is 2. The number of para-hydroxylation sites is 1. The van der Waals surface area contributed by atoms with Crippen LogP contribution in [0.3, 0.4) is 0 Å². The van der Waals surface area contributed by atoms with Crippen LogP contribution in [0.2, 0.25) is 0 Å². The molecule has 0 saturated heterocycles. The van der Waals surface area contributed by atoms with Crippen LogP contribution in [0.4, 0.5) is 5.69 Å². The molecule has 0 spiro atoms. The third-order valence-electron chi connectivity index (χ3n) is 3.42. The van der Waals surface area contributed by atoms with Gasteiger partial charge in [0.2, 0.25) is 0 Å². The number of amides is 1. The molecule has 21 heavy (non-hydrogen) atoms. The lowest BCUT2D eigenvalue weighted by Crippen LogP contribution is -2.26. The molecule has 2 rings (SSSR count). The normalized spacial score (nSPS) is 22.5. The zero-order valence-electron chi connectivity index (χ0n) is 11.6. The molecule has 1 saturated carbocycles. The number of halogens is 2. The molecular weight excluding hydrogens is 333 g/mol. The van der Waals surface area contributed by atoms with Crippen molar-refractivity contribution < 1.29 is 14.3 Å². The number of nitrogens with one attached hydrogen (secondary N) is 1. The van der Waals surface area contributed by atoms with Crippen LogP contribution in [0.15, 0.2) is 29.2 Å². The van der Waals surface area contributed by atoms with E-state index in [1.807, 2.05) is 24.5 Å². The number of anilines is 1. The smallest absolute Gasteiger partial charge is 0.315 e. The molecule has 1 atom stereocenters. The molecule has 0 unspecified atom stereocenters. The second kappa shape index (κ2) is 6.07. The van der Waals surface area contributed by atoms with Crippen molar-refractivity contribution in [3.8, 4) is 0 Å².